The van der Waals surface area contributed by atoms with Gasteiger partial charge in [-0.05, 0) is 13.0 Å². The SMILES string of the molecule is [CH-]=NCCCC.[Y]. The summed E-state index contributed by atoms with van der Waals surface area (Å²) in [5.74, 6) is 0. The van der Waals surface area contributed by atoms with Crippen molar-refractivity contribution in [3.8, 4) is 0 Å². The van der Waals surface area contributed by atoms with Gasteiger partial charge in [-0.15, -0.1) is 0 Å². The predicted octanol–water partition coefficient (Wildman–Crippen LogP) is 1.36. The van der Waals surface area contributed by atoms with Crippen LogP contribution in [0.1, 0.15) is 19.8 Å². The summed E-state index contributed by atoms with van der Waals surface area (Å²) < 4.78 is 0. The Labute approximate surface area is 70.5 Å². The van der Waals surface area contributed by atoms with Gasteiger partial charge in [-0.3, -0.25) is 0 Å². The molecule has 0 N–H and O–H groups in total. The first-order valence-corrected chi connectivity index (χ1v) is 2.28. The summed E-state index contributed by atoms with van der Waals surface area (Å²) in [7, 11) is 0. The van der Waals surface area contributed by atoms with Crippen LogP contribution in [0.2, 0.25) is 0 Å². The van der Waals surface area contributed by atoms with Crippen LogP contribution in [-0.4, -0.2) is 13.3 Å². The van der Waals surface area contributed by atoms with Crippen LogP contribution in [0, 0.1) is 0 Å². The van der Waals surface area contributed by atoms with E-state index in [4.69, 9.17) is 6.72 Å². The minimum atomic E-state index is 0. The summed E-state index contributed by atoms with van der Waals surface area (Å²) >= 11 is 0. The zero-order valence-electron chi connectivity index (χ0n) is 4.72. The summed E-state index contributed by atoms with van der Waals surface area (Å²) in [4.78, 5) is 3.43. The van der Waals surface area contributed by atoms with E-state index in [9.17, 15) is 0 Å². The maximum absolute atomic E-state index is 4.84. The van der Waals surface area contributed by atoms with Crippen LogP contribution in [0.3, 0.4) is 0 Å². The molecule has 0 aliphatic rings. The van der Waals surface area contributed by atoms with Crippen LogP contribution < -0.4 is 0 Å². The Balaban J connectivity index is 0. The maximum atomic E-state index is 4.84. The molecule has 0 aliphatic heterocycles. The smallest absolute Gasteiger partial charge is 0 e. The van der Waals surface area contributed by atoms with Crippen molar-refractivity contribution in [2.45, 2.75) is 19.8 Å². The second-order valence-corrected chi connectivity index (χ2v) is 1.26. The molecule has 0 aromatic heterocycles. The van der Waals surface area contributed by atoms with E-state index in [2.05, 4.69) is 11.9 Å². The number of rotatable bonds is 3. The van der Waals surface area contributed by atoms with Crippen molar-refractivity contribution in [3.05, 3.63) is 0 Å². The largest absolute Gasteiger partial charge is 0.506 e. The molecule has 0 rings (SSSR count). The molecule has 0 bridgehead atoms. The molecule has 0 heterocycles. The average molecular weight is 173 g/mol. The molecule has 0 aromatic rings. The van der Waals surface area contributed by atoms with Crippen molar-refractivity contribution >= 4 is 6.72 Å². The van der Waals surface area contributed by atoms with Crippen LogP contribution in [0.15, 0.2) is 4.99 Å². The van der Waals surface area contributed by atoms with Crippen molar-refractivity contribution in [2.75, 3.05) is 6.54 Å². The summed E-state index contributed by atoms with van der Waals surface area (Å²) in [6, 6.07) is 0. The molecule has 0 amide bonds. The van der Waals surface area contributed by atoms with Crippen LogP contribution in [-0.2, 0) is 32.7 Å². The molecule has 7 heavy (non-hydrogen) atoms. The Morgan fingerprint density at radius 1 is 1.57 bits per heavy atom. The van der Waals surface area contributed by atoms with E-state index >= 15 is 0 Å². The van der Waals surface area contributed by atoms with Crippen molar-refractivity contribution < 1.29 is 32.7 Å². The fraction of sp³-hybridized carbons (Fsp3) is 0.800. The second-order valence-electron chi connectivity index (χ2n) is 1.26. The van der Waals surface area contributed by atoms with Crippen LogP contribution in [0.25, 0.3) is 0 Å². The van der Waals surface area contributed by atoms with Gasteiger partial charge in [0.25, 0.3) is 0 Å². The van der Waals surface area contributed by atoms with Crippen LogP contribution >= 0.6 is 0 Å². The topological polar surface area (TPSA) is 12.4 Å². The van der Waals surface area contributed by atoms with E-state index in [-0.39, 0.29) is 32.7 Å². The van der Waals surface area contributed by atoms with Crippen LogP contribution in [0.4, 0.5) is 0 Å². The van der Waals surface area contributed by atoms with Gasteiger partial charge < -0.3 is 11.7 Å². The van der Waals surface area contributed by atoms with Crippen molar-refractivity contribution in [2.24, 2.45) is 4.99 Å². The van der Waals surface area contributed by atoms with E-state index in [1.165, 1.54) is 6.42 Å². The van der Waals surface area contributed by atoms with Gasteiger partial charge in [-0.2, -0.15) is 0 Å². The van der Waals surface area contributed by atoms with Gasteiger partial charge in [-0.25, -0.2) is 0 Å². The van der Waals surface area contributed by atoms with E-state index in [1.54, 1.807) is 0 Å². The molecule has 0 atom stereocenters. The monoisotopic (exact) mass is 173 g/mol. The molecule has 0 spiro atoms. The van der Waals surface area contributed by atoms with E-state index in [1.807, 2.05) is 0 Å². The van der Waals surface area contributed by atoms with Gasteiger partial charge in [0.15, 0.2) is 0 Å². The van der Waals surface area contributed by atoms with Crippen LogP contribution in [0.5, 0.6) is 0 Å². The first-order valence-electron chi connectivity index (χ1n) is 2.28. The molecule has 0 saturated carbocycles. The van der Waals surface area contributed by atoms with Crippen molar-refractivity contribution in [3.63, 3.8) is 0 Å². The standard InChI is InChI=1S/C5H10N.Y/c1-3-4-5-6-2;/h2H,3-5H2,1H3;/q-1;. The van der Waals surface area contributed by atoms with Gasteiger partial charge in [0, 0.05) is 32.7 Å². The molecule has 1 nitrogen and oxygen atoms in total. The summed E-state index contributed by atoms with van der Waals surface area (Å²) in [5, 5.41) is 0. The zero-order chi connectivity index (χ0) is 4.83. The third kappa shape index (κ3) is 10.8. The molecule has 0 unspecified atom stereocenters. The third-order valence-corrected chi connectivity index (χ3v) is 0.641. The quantitative estimate of drug-likeness (QED) is 0.347. The molecule has 0 fully saturated rings. The Morgan fingerprint density at radius 3 is 2.29 bits per heavy atom. The van der Waals surface area contributed by atoms with Gasteiger partial charge >= 0.3 is 0 Å². The molecule has 0 saturated heterocycles. The third-order valence-electron chi connectivity index (χ3n) is 0.641. The second kappa shape index (κ2) is 9.91. The fourth-order valence-corrected chi connectivity index (χ4v) is 0.249. The maximum Gasteiger partial charge on any atom is 0 e. The number of aliphatic imine (C=N–C) groups is 1. The Kier molecular flexibility index (Phi) is 15.1. The molecule has 1 radical (unpaired) electrons. The molecule has 39 valence electrons. The zero-order valence-corrected chi connectivity index (χ0v) is 7.56. The van der Waals surface area contributed by atoms with Gasteiger partial charge in [0.2, 0.25) is 0 Å². The number of hydrogen-bond acceptors (Lipinski definition) is 1. The van der Waals surface area contributed by atoms with Gasteiger partial charge in [0.1, 0.15) is 0 Å². The molecular weight excluding hydrogens is 163 g/mol. The van der Waals surface area contributed by atoms with Gasteiger partial charge in [0.05, 0.1) is 0 Å². The normalized spacial score (nSPS) is 7.00. The minimum Gasteiger partial charge on any atom is -0.506 e. The number of unbranched alkanes of at least 4 members (excludes halogenated alkanes) is 1. The van der Waals surface area contributed by atoms with Crippen molar-refractivity contribution in [1.82, 2.24) is 0 Å². The number of hydrogen-bond donors (Lipinski definition) is 0. The van der Waals surface area contributed by atoms with E-state index < -0.39 is 0 Å². The molecule has 2 heteroatoms. The first kappa shape index (κ1) is 10.7. The molecular formula is C5H10NY-. The minimum absolute atomic E-state index is 0. The van der Waals surface area contributed by atoms with E-state index in [0.29, 0.717) is 0 Å². The summed E-state index contributed by atoms with van der Waals surface area (Å²) in [6.45, 7) is 7.77. The Hall–Kier alpha value is 0.774. The Morgan fingerprint density at radius 2 is 2.14 bits per heavy atom. The fourth-order valence-electron chi connectivity index (χ4n) is 0.249. The van der Waals surface area contributed by atoms with Gasteiger partial charge in [-0.1, -0.05) is 13.3 Å². The first-order chi connectivity index (χ1) is 2.91. The number of nitrogens with zero attached hydrogens (tertiary/aromatic N) is 1. The summed E-state index contributed by atoms with van der Waals surface area (Å²) in [5.41, 5.74) is 0. The average Bonchev–Trinajstić information content (AvgIpc) is 1.61. The Bertz CT molecular complexity index is 37.1. The van der Waals surface area contributed by atoms with E-state index in [0.717, 1.165) is 13.0 Å². The van der Waals surface area contributed by atoms with Crippen molar-refractivity contribution in [1.29, 1.82) is 0 Å². The predicted molar refractivity (Wildman–Crippen MR) is 28.3 cm³/mol. The molecule has 0 aromatic carbocycles. The summed E-state index contributed by atoms with van der Waals surface area (Å²) in [6.07, 6.45) is 2.30. The molecule has 0 aliphatic carbocycles.